The van der Waals surface area contributed by atoms with Crippen LogP contribution in [-0.2, 0) is 0 Å². The van der Waals surface area contributed by atoms with Gasteiger partial charge in [-0.15, -0.1) is 0 Å². The molecule has 3 nitrogen and oxygen atoms in total. The highest BCUT2D eigenvalue weighted by molar-refractivity contribution is 5.83. The molecule has 130 valence electrons. The van der Waals surface area contributed by atoms with Gasteiger partial charge in [-0.25, -0.2) is 0 Å². The Hall–Kier alpha value is -0.570. The summed E-state index contributed by atoms with van der Waals surface area (Å²) >= 11 is 0. The average molecular weight is 311 g/mol. The quantitative estimate of drug-likeness (QED) is 0.442. The maximum atomic E-state index is 9.02. The standard InChI is InChI=1S/C19H38N2O/c1-2-3-4-5-6-7-8-9-10-11-12-13-14-19-20-15-16-21(19)17-18-22/h22H,2-18H2,1H3. The Morgan fingerprint density at radius 3 is 1.95 bits per heavy atom. The van der Waals surface area contributed by atoms with Crippen LogP contribution < -0.4 is 0 Å². The monoisotopic (exact) mass is 310 g/mol. The number of β-amino-alcohol motifs (C(OH)–C–C–N with tert-alkyl or cyclic N) is 1. The Morgan fingerprint density at radius 2 is 1.41 bits per heavy atom. The number of aliphatic hydroxyl groups is 1. The lowest BCUT2D eigenvalue weighted by molar-refractivity contribution is 0.255. The van der Waals surface area contributed by atoms with E-state index in [2.05, 4.69) is 16.8 Å². The van der Waals surface area contributed by atoms with Gasteiger partial charge in [0.05, 0.1) is 19.0 Å². The molecule has 0 atom stereocenters. The second kappa shape index (κ2) is 14.0. The first-order chi connectivity index (χ1) is 10.9. The summed E-state index contributed by atoms with van der Waals surface area (Å²) in [6.07, 6.45) is 17.9. The van der Waals surface area contributed by atoms with Gasteiger partial charge in [-0.05, 0) is 6.42 Å². The molecule has 1 heterocycles. The van der Waals surface area contributed by atoms with Gasteiger partial charge in [-0.3, -0.25) is 4.99 Å². The van der Waals surface area contributed by atoms with Gasteiger partial charge in [0.1, 0.15) is 0 Å². The van der Waals surface area contributed by atoms with E-state index in [-0.39, 0.29) is 6.61 Å². The Morgan fingerprint density at radius 1 is 0.864 bits per heavy atom. The molecule has 0 amide bonds. The number of aliphatic hydroxyl groups excluding tert-OH is 1. The number of unbranched alkanes of at least 4 members (excludes halogenated alkanes) is 11. The van der Waals surface area contributed by atoms with E-state index in [0.29, 0.717) is 0 Å². The number of rotatable bonds is 15. The van der Waals surface area contributed by atoms with Gasteiger partial charge in [0.2, 0.25) is 0 Å². The van der Waals surface area contributed by atoms with Crippen molar-refractivity contribution in [3.05, 3.63) is 0 Å². The molecule has 0 saturated heterocycles. The molecule has 3 heteroatoms. The smallest absolute Gasteiger partial charge is 0.0991 e. The molecule has 0 bridgehead atoms. The third-order valence-electron chi connectivity index (χ3n) is 4.65. The Labute approximate surface area is 138 Å². The minimum Gasteiger partial charge on any atom is -0.395 e. The summed E-state index contributed by atoms with van der Waals surface area (Å²) in [5.41, 5.74) is 0. The summed E-state index contributed by atoms with van der Waals surface area (Å²) in [4.78, 5) is 6.80. The van der Waals surface area contributed by atoms with Crippen LogP contribution in [0.25, 0.3) is 0 Å². The SMILES string of the molecule is CCCCCCCCCCCCCCC1=NCCN1CCO. The van der Waals surface area contributed by atoms with Crippen molar-refractivity contribution in [1.29, 1.82) is 0 Å². The summed E-state index contributed by atoms with van der Waals surface area (Å²) < 4.78 is 0. The normalized spacial score (nSPS) is 14.6. The van der Waals surface area contributed by atoms with Gasteiger partial charge in [0.25, 0.3) is 0 Å². The predicted octanol–water partition coefficient (Wildman–Crippen LogP) is 4.78. The molecular formula is C19H38N2O. The molecule has 0 aromatic heterocycles. The summed E-state index contributed by atoms with van der Waals surface area (Å²) in [6, 6.07) is 0. The summed E-state index contributed by atoms with van der Waals surface area (Å²) in [5.74, 6) is 1.24. The van der Waals surface area contributed by atoms with Crippen LogP contribution in [0.1, 0.15) is 90.4 Å². The van der Waals surface area contributed by atoms with Crippen LogP contribution in [0.5, 0.6) is 0 Å². The Kier molecular flexibility index (Phi) is 12.4. The minimum atomic E-state index is 0.247. The summed E-state index contributed by atoms with van der Waals surface area (Å²) in [6.45, 7) is 5.22. The molecule has 0 unspecified atom stereocenters. The van der Waals surface area contributed by atoms with E-state index in [1.54, 1.807) is 0 Å². The van der Waals surface area contributed by atoms with Gasteiger partial charge in [0, 0.05) is 19.5 Å². The second-order valence-corrected chi connectivity index (χ2v) is 6.65. The topological polar surface area (TPSA) is 35.8 Å². The van der Waals surface area contributed by atoms with Crippen molar-refractivity contribution >= 4 is 5.84 Å². The number of hydrogen-bond donors (Lipinski definition) is 1. The van der Waals surface area contributed by atoms with E-state index in [1.165, 1.54) is 82.9 Å². The molecular weight excluding hydrogens is 272 g/mol. The largest absolute Gasteiger partial charge is 0.395 e. The van der Waals surface area contributed by atoms with Crippen molar-refractivity contribution in [2.45, 2.75) is 90.4 Å². The van der Waals surface area contributed by atoms with Crippen molar-refractivity contribution in [3.8, 4) is 0 Å². The van der Waals surface area contributed by atoms with E-state index < -0.39 is 0 Å². The number of hydrogen-bond acceptors (Lipinski definition) is 3. The van der Waals surface area contributed by atoms with Crippen molar-refractivity contribution in [2.75, 3.05) is 26.2 Å². The molecule has 22 heavy (non-hydrogen) atoms. The van der Waals surface area contributed by atoms with Crippen LogP contribution in [0.3, 0.4) is 0 Å². The van der Waals surface area contributed by atoms with Gasteiger partial charge in [-0.2, -0.15) is 0 Å². The summed E-state index contributed by atoms with van der Waals surface area (Å²) in [5, 5.41) is 9.02. The highest BCUT2D eigenvalue weighted by atomic mass is 16.3. The van der Waals surface area contributed by atoms with Gasteiger partial charge < -0.3 is 10.0 Å². The molecule has 0 radical (unpaired) electrons. The van der Waals surface area contributed by atoms with Crippen LogP contribution in [0.15, 0.2) is 4.99 Å². The molecule has 0 aromatic rings. The third-order valence-corrected chi connectivity index (χ3v) is 4.65. The van der Waals surface area contributed by atoms with Gasteiger partial charge in [-0.1, -0.05) is 77.6 Å². The first kappa shape index (κ1) is 19.5. The molecule has 0 spiro atoms. The average Bonchev–Trinajstić information content (AvgIpc) is 2.96. The van der Waals surface area contributed by atoms with Crippen LogP contribution in [0.4, 0.5) is 0 Å². The highest BCUT2D eigenvalue weighted by Gasteiger charge is 2.14. The van der Waals surface area contributed by atoms with Crippen molar-refractivity contribution in [3.63, 3.8) is 0 Å². The van der Waals surface area contributed by atoms with Crippen molar-refractivity contribution in [1.82, 2.24) is 4.90 Å². The maximum absolute atomic E-state index is 9.02. The fourth-order valence-electron chi connectivity index (χ4n) is 3.25. The molecule has 1 rings (SSSR count). The van der Waals surface area contributed by atoms with Crippen LogP contribution in [0.2, 0.25) is 0 Å². The zero-order valence-electron chi connectivity index (χ0n) is 14.9. The fraction of sp³-hybridized carbons (Fsp3) is 0.947. The van der Waals surface area contributed by atoms with Crippen molar-refractivity contribution in [2.24, 2.45) is 4.99 Å². The molecule has 1 aliphatic rings. The predicted molar refractivity (Wildman–Crippen MR) is 96.7 cm³/mol. The number of amidine groups is 1. The highest BCUT2D eigenvalue weighted by Crippen LogP contribution is 2.14. The van der Waals surface area contributed by atoms with Crippen LogP contribution >= 0.6 is 0 Å². The molecule has 0 fully saturated rings. The number of aliphatic imine (C=N–C) groups is 1. The molecule has 1 aliphatic heterocycles. The van der Waals surface area contributed by atoms with Crippen LogP contribution in [-0.4, -0.2) is 42.1 Å². The van der Waals surface area contributed by atoms with E-state index in [1.807, 2.05) is 0 Å². The summed E-state index contributed by atoms with van der Waals surface area (Å²) in [7, 11) is 0. The Balaban J connectivity index is 1.82. The van der Waals surface area contributed by atoms with E-state index in [9.17, 15) is 0 Å². The first-order valence-corrected chi connectivity index (χ1v) is 9.77. The first-order valence-electron chi connectivity index (χ1n) is 9.77. The number of nitrogens with zero attached hydrogens (tertiary/aromatic N) is 2. The van der Waals surface area contributed by atoms with Crippen LogP contribution in [0, 0.1) is 0 Å². The van der Waals surface area contributed by atoms with Crippen molar-refractivity contribution < 1.29 is 5.11 Å². The zero-order chi connectivity index (χ0) is 15.9. The van der Waals surface area contributed by atoms with E-state index >= 15 is 0 Å². The molecule has 0 aliphatic carbocycles. The molecule has 0 saturated carbocycles. The molecule has 0 aromatic carbocycles. The Bertz CT molecular complexity index is 279. The molecule has 1 N–H and O–H groups in total. The minimum absolute atomic E-state index is 0.247. The lowest BCUT2D eigenvalue weighted by atomic mass is 10.0. The van der Waals surface area contributed by atoms with E-state index in [0.717, 1.165) is 26.1 Å². The lowest BCUT2D eigenvalue weighted by Gasteiger charge is -2.18. The maximum Gasteiger partial charge on any atom is 0.0991 e. The zero-order valence-corrected chi connectivity index (χ0v) is 14.9. The second-order valence-electron chi connectivity index (χ2n) is 6.65. The van der Waals surface area contributed by atoms with Gasteiger partial charge in [0.15, 0.2) is 0 Å². The van der Waals surface area contributed by atoms with Gasteiger partial charge >= 0.3 is 0 Å². The third kappa shape index (κ3) is 9.45. The van der Waals surface area contributed by atoms with E-state index in [4.69, 9.17) is 5.11 Å². The fourth-order valence-corrected chi connectivity index (χ4v) is 3.25. The lowest BCUT2D eigenvalue weighted by Crippen LogP contribution is -2.30.